The Morgan fingerprint density at radius 1 is 1.11 bits per heavy atom. The number of aryl methyl sites for hydroxylation is 1. The van der Waals surface area contributed by atoms with E-state index >= 15 is 0 Å². The number of hydrogen-bond acceptors (Lipinski definition) is 3. The summed E-state index contributed by atoms with van der Waals surface area (Å²) in [6.07, 6.45) is 0.344. The number of alkyl halides is 2. The van der Waals surface area contributed by atoms with Gasteiger partial charge in [-0.1, -0.05) is 31.2 Å². The predicted octanol–water partition coefficient (Wildman–Crippen LogP) is 4.27. The van der Waals surface area contributed by atoms with Crippen LogP contribution in [0.4, 0.5) is 25.0 Å². The summed E-state index contributed by atoms with van der Waals surface area (Å²) in [5, 5.41) is 8.00. The Kier molecular flexibility index (Phi) is 7.10. The number of carbonyl (C=O) groups is 2. The fourth-order valence-corrected chi connectivity index (χ4v) is 2.29. The van der Waals surface area contributed by atoms with Crippen molar-refractivity contribution < 1.29 is 23.1 Å². The van der Waals surface area contributed by atoms with Gasteiger partial charge in [0.05, 0.1) is 0 Å². The van der Waals surface area contributed by atoms with Gasteiger partial charge in [0.2, 0.25) is 5.91 Å². The van der Waals surface area contributed by atoms with Gasteiger partial charge in [-0.25, -0.2) is 4.79 Å². The highest BCUT2D eigenvalue weighted by Crippen LogP contribution is 2.22. The number of rotatable bonds is 7. The molecule has 0 fully saturated rings. The summed E-state index contributed by atoms with van der Waals surface area (Å²) >= 11 is 0. The predicted molar refractivity (Wildman–Crippen MR) is 99.0 cm³/mol. The van der Waals surface area contributed by atoms with Gasteiger partial charge in [0.25, 0.3) is 0 Å². The highest BCUT2D eigenvalue weighted by molar-refractivity contribution is 5.94. The van der Waals surface area contributed by atoms with E-state index < -0.39 is 12.6 Å². The van der Waals surface area contributed by atoms with Gasteiger partial charge in [-0.15, -0.1) is 0 Å². The number of anilines is 2. The van der Waals surface area contributed by atoms with E-state index in [1.165, 1.54) is 6.07 Å². The number of ether oxygens (including phenoxy) is 1. The Morgan fingerprint density at radius 2 is 1.85 bits per heavy atom. The summed E-state index contributed by atoms with van der Waals surface area (Å²) in [7, 11) is 0. The Bertz CT molecular complexity index is 813. The third-order valence-electron chi connectivity index (χ3n) is 3.72. The van der Waals surface area contributed by atoms with Crippen molar-refractivity contribution in [3.63, 3.8) is 0 Å². The number of hydrogen-bond donors (Lipinski definition) is 3. The lowest BCUT2D eigenvalue weighted by Crippen LogP contribution is -2.28. The van der Waals surface area contributed by atoms with Crippen molar-refractivity contribution in [1.29, 1.82) is 0 Å². The van der Waals surface area contributed by atoms with Gasteiger partial charge in [-0.2, -0.15) is 8.78 Å². The first kappa shape index (κ1) is 20.2. The Hall–Kier alpha value is -3.16. The summed E-state index contributed by atoms with van der Waals surface area (Å²) in [5.74, 6) is -0.127. The van der Waals surface area contributed by atoms with E-state index in [1.807, 2.05) is 6.92 Å². The quantitative estimate of drug-likeness (QED) is 0.674. The van der Waals surface area contributed by atoms with Gasteiger partial charge in [0.15, 0.2) is 0 Å². The van der Waals surface area contributed by atoms with Crippen LogP contribution in [0.2, 0.25) is 0 Å². The van der Waals surface area contributed by atoms with Crippen LogP contribution in [0.15, 0.2) is 42.5 Å². The van der Waals surface area contributed by atoms with E-state index in [0.29, 0.717) is 23.4 Å². The fraction of sp³-hybridized carbons (Fsp3) is 0.263. The lowest BCUT2D eigenvalue weighted by Gasteiger charge is -2.14. The molecule has 2 aromatic rings. The number of urea groups is 1. The molecule has 2 aromatic carbocycles. The average molecular weight is 377 g/mol. The van der Waals surface area contributed by atoms with Gasteiger partial charge in [0, 0.05) is 29.9 Å². The number of benzene rings is 2. The van der Waals surface area contributed by atoms with E-state index in [1.54, 1.807) is 43.3 Å². The van der Waals surface area contributed by atoms with Gasteiger partial charge >= 0.3 is 12.6 Å². The van der Waals surface area contributed by atoms with Crippen LogP contribution in [0.1, 0.15) is 24.5 Å². The van der Waals surface area contributed by atoms with E-state index in [4.69, 9.17) is 0 Å². The molecule has 0 radical (unpaired) electrons. The number of carbonyl (C=O) groups excluding carboxylic acids is 2. The van der Waals surface area contributed by atoms with Crippen molar-refractivity contribution in [3.05, 3.63) is 53.6 Å². The molecule has 3 N–H and O–H groups in total. The first-order valence-corrected chi connectivity index (χ1v) is 8.37. The van der Waals surface area contributed by atoms with Crippen LogP contribution in [0, 0.1) is 6.92 Å². The van der Waals surface area contributed by atoms with Gasteiger partial charge in [-0.3, -0.25) is 4.79 Å². The van der Waals surface area contributed by atoms with Crippen molar-refractivity contribution in [3.8, 4) is 5.75 Å². The Morgan fingerprint density at radius 3 is 2.56 bits per heavy atom. The monoisotopic (exact) mass is 377 g/mol. The molecule has 0 aromatic heterocycles. The number of para-hydroxylation sites is 1. The fourth-order valence-electron chi connectivity index (χ4n) is 2.29. The van der Waals surface area contributed by atoms with Crippen molar-refractivity contribution >= 4 is 23.3 Å². The minimum absolute atomic E-state index is 0.00764. The lowest BCUT2D eigenvalue weighted by molar-refractivity contribution is -0.115. The second-order valence-electron chi connectivity index (χ2n) is 5.73. The van der Waals surface area contributed by atoms with Gasteiger partial charge in [-0.05, 0) is 30.7 Å². The van der Waals surface area contributed by atoms with Crippen molar-refractivity contribution in [2.24, 2.45) is 0 Å². The van der Waals surface area contributed by atoms with Crippen LogP contribution in [-0.4, -0.2) is 18.5 Å². The molecule has 0 aliphatic rings. The molecular formula is C19H21F2N3O3. The maximum absolute atomic E-state index is 12.4. The minimum atomic E-state index is -2.94. The number of nitrogens with one attached hydrogen (secondary N) is 3. The van der Waals surface area contributed by atoms with Gasteiger partial charge < -0.3 is 20.7 Å². The van der Waals surface area contributed by atoms with Crippen LogP contribution in [-0.2, 0) is 11.3 Å². The molecule has 6 nitrogen and oxygen atoms in total. The van der Waals surface area contributed by atoms with E-state index in [2.05, 4.69) is 20.7 Å². The van der Waals surface area contributed by atoms with E-state index in [-0.39, 0.29) is 18.2 Å². The first-order valence-electron chi connectivity index (χ1n) is 8.37. The van der Waals surface area contributed by atoms with Gasteiger partial charge in [0.1, 0.15) is 5.75 Å². The molecular weight excluding hydrogens is 356 g/mol. The molecule has 27 heavy (non-hydrogen) atoms. The standard InChI is InChI=1S/C19H21F2N3O3/c1-3-17(25)23-14-9-8-12(2)15(10-14)24-19(26)22-11-13-6-4-5-7-16(13)27-18(20)21/h4-10,18H,3,11H2,1-2H3,(H,23,25)(H2,22,24,26). The molecule has 144 valence electrons. The number of halogens is 2. The zero-order valence-electron chi connectivity index (χ0n) is 15.0. The molecule has 0 saturated carbocycles. The first-order chi connectivity index (χ1) is 12.9. The summed E-state index contributed by atoms with van der Waals surface area (Å²) in [6.45, 7) is 0.627. The highest BCUT2D eigenvalue weighted by Gasteiger charge is 2.11. The molecule has 0 aliphatic heterocycles. The van der Waals surface area contributed by atoms with E-state index in [9.17, 15) is 18.4 Å². The Labute approximate surface area is 155 Å². The van der Waals surface area contributed by atoms with Crippen LogP contribution < -0.4 is 20.7 Å². The third kappa shape index (κ3) is 6.25. The topological polar surface area (TPSA) is 79.5 Å². The van der Waals surface area contributed by atoms with Crippen molar-refractivity contribution in [2.45, 2.75) is 33.4 Å². The maximum Gasteiger partial charge on any atom is 0.387 e. The van der Waals surface area contributed by atoms with Crippen LogP contribution in [0.5, 0.6) is 5.75 Å². The normalized spacial score (nSPS) is 10.4. The molecule has 8 heteroatoms. The second kappa shape index (κ2) is 9.51. The molecule has 0 spiro atoms. The highest BCUT2D eigenvalue weighted by atomic mass is 19.3. The van der Waals surface area contributed by atoms with Crippen LogP contribution in [0.25, 0.3) is 0 Å². The zero-order valence-corrected chi connectivity index (χ0v) is 15.0. The maximum atomic E-state index is 12.4. The van der Waals surface area contributed by atoms with Crippen LogP contribution in [0.3, 0.4) is 0 Å². The largest absolute Gasteiger partial charge is 0.434 e. The minimum Gasteiger partial charge on any atom is -0.434 e. The SMILES string of the molecule is CCC(=O)Nc1ccc(C)c(NC(=O)NCc2ccccc2OC(F)F)c1. The zero-order chi connectivity index (χ0) is 19.8. The molecule has 0 unspecified atom stereocenters. The molecule has 2 rings (SSSR count). The molecule has 0 bridgehead atoms. The lowest BCUT2D eigenvalue weighted by atomic mass is 10.1. The molecule has 0 heterocycles. The molecule has 0 aliphatic carbocycles. The summed E-state index contributed by atoms with van der Waals surface area (Å²) < 4.78 is 29.3. The number of amides is 3. The Balaban J connectivity index is 2.00. The molecule has 0 atom stereocenters. The van der Waals surface area contributed by atoms with Crippen molar-refractivity contribution in [1.82, 2.24) is 5.32 Å². The molecule has 3 amide bonds. The third-order valence-corrected chi connectivity index (χ3v) is 3.72. The smallest absolute Gasteiger partial charge is 0.387 e. The summed E-state index contributed by atoms with van der Waals surface area (Å²) in [4.78, 5) is 23.7. The average Bonchev–Trinajstić information content (AvgIpc) is 2.63. The summed E-state index contributed by atoms with van der Waals surface area (Å²) in [6, 6.07) is 10.9. The second-order valence-corrected chi connectivity index (χ2v) is 5.73. The van der Waals surface area contributed by atoms with E-state index in [0.717, 1.165) is 5.56 Å². The summed E-state index contributed by atoms with van der Waals surface area (Å²) in [5.41, 5.74) is 2.33. The van der Waals surface area contributed by atoms with Crippen LogP contribution >= 0.6 is 0 Å². The van der Waals surface area contributed by atoms with Crippen molar-refractivity contribution in [2.75, 3.05) is 10.6 Å². The molecule has 0 saturated heterocycles.